The van der Waals surface area contributed by atoms with Crippen molar-refractivity contribution in [2.75, 3.05) is 25.5 Å². The number of para-hydroxylation sites is 1. The van der Waals surface area contributed by atoms with Crippen LogP contribution < -0.4 is 15.4 Å². The van der Waals surface area contributed by atoms with Gasteiger partial charge in [-0.1, -0.05) is 30.3 Å². The smallest absolute Gasteiger partial charge is 0.228 e. The molecule has 25 heavy (non-hydrogen) atoms. The third kappa shape index (κ3) is 3.14. The summed E-state index contributed by atoms with van der Waals surface area (Å²) in [6, 6.07) is 15.9. The van der Waals surface area contributed by atoms with Crippen LogP contribution in [0.4, 0.5) is 5.69 Å². The van der Waals surface area contributed by atoms with Gasteiger partial charge in [0.2, 0.25) is 5.91 Å². The van der Waals surface area contributed by atoms with Gasteiger partial charge in [0, 0.05) is 17.2 Å². The monoisotopic (exact) mass is 336 g/mol. The Balaban J connectivity index is 1.50. The van der Waals surface area contributed by atoms with Crippen LogP contribution in [0, 0.1) is 11.3 Å². The largest absolute Gasteiger partial charge is 0.496 e. The average molecular weight is 336 g/mol. The predicted octanol–water partition coefficient (Wildman–Crippen LogP) is 3.69. The lowest BCUT2D eigenvalue weighted by Gasteiger charge is -2.23. The van der Waals surface area contributed by atoms with Crippen molar-refractivity contribution in [2.24, 2.45) is 11.3 Å². The van der Waals surface area contributed by atoms with E-state index in [1.54, 1.807) is 7.11 Å². The van der Waals surface area contributed by atoms with Gasteiger partial charge >= 0.3 is 0 Å². The Kier molecular flexibility index (Phi) is 4.22. The van der Waals surface area contributed by atoms with Crippen molar-refractivity contribution in [3.05, 3.63) is 48.5 Å². The van der Waals surface area contributed by atoms with Crippen molar-refractivity contribution >= 4 is 11.6 Å². The Morgan fingerprint density at radius 3 is 2.76 bits per heavy atom. The molecular formula is C21H24N2O2. The number of amides is 1. The number of carbonyl (C=O) groups excluding carboxylic acids is 1. The lowest BCUT2D eigenvalue weighted by Crippen LogP contribution is -2.31. The second-order valence-electron chi connectivity index (χ2n) is 7.14. The third-order valence-corrected chi connectivity index (χ3v) is 5.65. The molecule has 1 aliphatic carbocycles. The zero-order valence-electron chi connectivity index (χ0n) is 14.5. The maximum atomic E-state index is 12.7. The zero-order chi connectivity index (χ0) is 17.3. The summed E-state index contributed by atoms with van der Waals surface area (Å²) in [7, 11) is 1.68. The highest BCUT2D eigenvalue weighted by atomic mass is 16.5. The number of ether oxygens (including phenoxy) is 1. The van der Waals surface area contributed by atoms with Crippen LogP contribution in [0.15, 0.2) is 48.5 Å². The Morgan fingerprint density at radius 1 is 1.16 bits per heavy atom. The average Bonchev–Trinajstić information content (AvgIpc) is 3.35. The normalized spacial score (nSPS) is 20.9. The van der Waals surface area contributed by atoms with Crippen LogP contribution in [0.1, 0.15) is 19.3 Å². The fourth-order valence-electron chi connectivity index (χ4n) is 4.07. The molecule has 1 saturated heterocycles. The maximum Gasteiger partial charge on any atom is 0.228 e. The molecule has 1 amide bonds. The van der Waals surface area contributed by atoms with E-state index < -0.39 is 0 Å². The fraction of sp³-hybridized carbons (Fsp3) is 0.381. The van der Waals surface area contributed by atoms with Crippen LogP contribution in [-0.4, -0.2) is 26.1 Å². The minimum absolute atomic E-state index is 0.166. The third-order valence-electron chi connectivity index (χ3n) is 5.65. The topological polar surface area (TPSA) is 50.4 Å². The summed E-state index contributed by atoms with van der Waals surface area (Å²) in [5, 5.41) is 6.51. The Hall–Kier alpha value is -2.33. The maximum absolute atomic E-state index is 12.7. The van der Waals surface area contributed by atoms with Gasteiger partial charge < -0.3 is 15.4 Å². The van der Waals surface area contributed by atoms with Gasteiger partial charge in [0.15, 0.2) is 0 Å². The van der Waals surface area contributed by atoms with Gasteiger partial charge in [-0.25, -0.2) is 0 Å². The van der Waals surface area contributed by atoms with E-state index in [9.17, 15) is 4.79 Å². The second-order valence-corrected chi connectivity index (χ2v) is 7.14. The molecule has 0 radical (unpaired) electrons. The molecule has 2 aliphatic rings. The number of anilines is 1. The number of methoxy groups -OCH3 is 1. The summed E-state index contributed by atoms with van der Waals surface area (Å²) in [5.41, 5.74) is 3.18. The van der Waals surface area contributed by atoms with Crippen LogP contribution >= 0.6 is 0 Å². The number of benzene rings is 2. The molecule has 0 bridgehead atoms. The van der Waals surface area contributed by atoms with Crippen molar-refractivity contribution in [1.29, 1.82) is 0 Å². The molecule has 4 nitrogen and oxygen atoms in total. The van der Waals surface area contributed by atoms with Gasteiger partial charge in [0.1, 0.15) is 5.75 Å². The summed E-state index contributed by atoms with van der Waals surface area (Å²) >= 11 is 0. The molecule has 1 aliphatic heterocycles. The molecule has 2 fully saturated rings. The molecule has 4 heteroatoms. The van der Waals surface area contributed by atoms with E-state index in [2.05, 4.69) is 10.6 Å². The highest BCUT2D eigenvalue weighted by Gasteiger charge is 2.57. The molecule has 1 atom stereocenters. The first-order chi connectivity index (χ1) is 12.2. The summed E-state index contributed by atoms with van der Waals surface area (Å²) in [6.45, 7) is 2.07. The number of hydrogen-bond donors (Lipinski definition) is 2. The van der Waals surface area contributed by atoms with Gasteiger partial charge in [-0.3, -0.25) is 4.79 Å². The number of rotatable bonds is 4. The summed E-state index contributed by atoms with van der Waals surface area (Å²) in [6.07, 6.45) is 3.27. The molecular weight excluding hydrogens is 312 g/mol. The lowest BCUT2D eigenvalue weighted by molar-refractivity contribution is -0.118. The van der Waals surface area contributed by atoms with E-state index in [0.29, 0.717) is 0 Å². The standard InChI is InChI=1S/C21H24N2O2/c1-25-19-8-3-2-7-17(19)15-5-4-6-16(13-15)23-20(24)18-14-21(18)9-11-22-12-10-21/h2-8,13,18,22H,9-12,14H2,1H3,(H,23,24). The van der Waals surface area contributed by atoms with Crippen LogP contribution in [0.5, 0.6) is 5.75 Å². The SMILES string of the molecule is COc1ccccc1-c1cccc(NC(=O)C2CC23CCNCC3)c1. The van der Waals surface area contributed by atoms with Gasteiger partial charge in [0.05, 0.1) is 7.11 Å². The molecule has 2 N–H and O–H groups in total. The molecule has 1 saturated carbocycles. The van der Waals surface area contributed by atoms with E-state index in [4.69, 9.17) is 4.74 Å². The van der Waals surface area contributed by atoms with Crippen LogP contribution in [0.2, 0.25) is 0 Å². The Morgan fingerprint density at radius 2 is 1.96 bits per heavy atom. The minimum atomic E-state index is 0.166. The summed E-state index contributed by atoms with van der Waals surface area (Å²) < 4.78 is 5.45. The predicted molar refractivity (Wildman–Crippen MR) is 99.7 cm³/mol. The summed E-state index contributed by atoms with van der Waals surface area (Å²) in [4.78, 5) is 12.7. The van der Waals surface area contributed by atoms with E-state index in [1.165, 1.54) is 0 Å². The number of piperidine rings is 1. The van der Waals surface area contributed by atoms with Gasteiger partial charge in [0.25, 0.3) is 0 Å². The van der Waals surface area contributed by atoms with Crippen molar-refractivity contribution in [1.82, 2.24) is 5.32 Å². The van der Waals surface area contributed by atoms with Crippen molar-refractivity contribution < 1.29 is 9.53 Å². The molecule has 1 spiro atoms. The van der Waals surface area contributed by atoms with Gasteiger partial charge in [-0.2, -0.15) is 0 Å². The first-order valence-corrected chi connectivity index (χ1v) is 8.97. The quantitative estimate of drug-likeness (QED) is 0.895. The summed E-state index contributed by atoms with van der Waals surface area (Å²) in [5.74, 6) is 1.17. The lowest BCUT2D eigenvalue weighted by atomic mass is 9.91. The number of nitrogens with one attached hydrogen (secondary N) is 2. The van der Waals surface area contributed by atoms with Crippen molar-refractivity contribution in [3.8, 4) is 16.9 Å². The van der Waals surface area contributed by atoms with Crippen molar-refractivity contribution in [2.45, 2.75) is 19.3 Å². The van der Waals surface area contributed by atoms with Crippen LogP contribution in [0.3, 0.4) is 0 Å². The first kappa shape index (κ1) is 16.2. The molecule has 130 valence electrons. The molecule has 0 aromatic heterocycles. The van der Waals surface area contributed by atoms with Crippen LogP contribution in [-0.2, 0) is 4.79 Å². The van der Waals surface area contributed by atoms with E-state index >= 15 is 0 Å². The van der Waals surface area contributed by atoms with E-state index in [1.807, 2.05) is 48.5 Å². The first-order valence-electron chi connectivity index (χ1n) is 8.97. The second kappa shape index (κ2) is 6.52. The molecule has 2 aromatic rings. The Labute approximate surface area is 148 Å². The minimum Gasteiger partial charge on any atom is -0.496 e. The van der Waals surface area contributed by atoms with Gasteiger partial charge in [-0.15, -0.1) is 0 Å². The fourth-order valence-corrected chi connectivity index (χ4v) is 4.07. The van der Waals surface area contributed by atoms with Crippen molar-refractivity contribution in [3.63, 3.8) is 0 Å². The van der Waals surface area contributed by atoms with E-state index in [0.717, 1.165) is 54.9 Å². The van der Waals surface area contributed by atoms with E-state index in [-0.39, 0.29) is 17.2 Å². The molecule has 1 heterocycles. The zero-order valence-corrected chi connectivity index (χ0v) is 14.5. The Bertz CT molecular complexity index is 781. The highest BCUT2D eigenvalue weighted by Crippen LogP contribution is 2.58. The number of carbonyl (C=O) groups is 1. The number of hydrogen-bond acceptors (Lipinski definition) is 3. The molecule has 1 unspecified atom stereocenters. The molecule has 4 rings (SSSR count). The van der Waals surface area contributed by atoms with Gasteiger partial charge in [-0.05, 0) is 61.5 Å². The highest BCUT2D eigenvalue weighted by molar-refractivity contribution is 5.95. The molecule has 2 aromatic carbocycles. The van der Waals surface area contributed by atoms with Crippen LogP contribution in [0.25, 0.3) is 11.1 Å².